The van der Waals surface area contributed by atoms with E-state index in [4.69, 9.17) is 0 Å². The van der Waals surface area contributed by atoms with Gasteiger partial charge in [0.25, 0.3) is 11.8 Å². The number of aliphatic carboxylic acids is 1. The van der Waals surface area contributed by atoms with Gasteiger partial charge in [-0.1, -0.05) is 18.2 Å². The van der Waals surface area contributed by atoms with Gasteiger partial charge in [0.1, 0.15) is 0 Å². The van der Waals surface area contributed by atoms with E-state index in [9.17, 15) is 24.6 Å². The number of carbonyl (C=O) groups is 3. The highest BCUT2D eigenvalue weighted by atomic mass is 16.4. The number of carboxylic acids is 1. The Bertz CT molecular complexity index is 575. The zero-order chi connectivity index (χ0) is 15.6. The van der Waals surface area contributed by atoms with Crippen LogP contribution in [0.3, 0.4) is 0 Å². The van der Waals surface area contributed by atoms with Crippen LogP contribution in [-0.4, -0.2) is 45.0 Å². The molecule has 0 aromatic heterocycles. The first-order valence-corrected chi connectivity index (χ1v) is 6.47. The summed E-state index contributed by atoms with van der Waals surface area (Å²) in [7, 11) is 0. The average Bonchev–Trinajstić information content (AvgIpc) is 2.71. The van der Waals surface area contributed by atoms with Crippen molar-refractivity contribution in [2.45, 2.75) is 25.0 Å². The van der Waals surface area contributed by atoms with Crippen LogP contribution in [0, 0.1) is 0 Å². The van der Waals surface area contributed by atoms with Crippen LogP contribution in [0.5, 0.6) is 0 Å². The summed E-state index contributed by atoms with van der Waals surface area (Å²) < 4.78 is 0. The molecule has 0 saturated carbocycles. The van der Waals surface area contributed by atoms with Gasteiger partial charge in [0.2, 0.25) is 0 Å². The van der Waals surface area contributed by atoms with E-state index in [2.05, 4.69) is 6.58 Å². The van der Waals surface area contributed by atoms with Crippen LogP contribution in [0.15, 0.2) is 36.9 Å². The maximum absolute atomic E-state index is 12.2. The Kier molecular flexibility index (Phi) is 4.18. The first-order chi connectivity index (χ1) is 9.99. The highest BCUT2D eigenvalue weighted by Crippen LogP contribution is 2.26. The van der Waals surface area contributed by atoms with Gasteiger partial charge in [-0.05, 0) is 25.0 Å². The molecule has 1 aromatic rings. The maximum atomic E-state index is 12.2. The molecule has 6 heteroatoms. The Balaban J connectivity index is 2.35. The Morgan fingerprint density at radius 3 is 2.19 bits per heavy atom. The number of benzene rings is 1. The van der Waals surface area contributed by atoms with Gasteiger partial charge in [-0.2, -0.15) is 0 Å². The van der Waals surface area contributed by atoms with Gasteiger partial charge < -0.3 is 10.2 Å². The third kappa shape index (κ3) is 2.57. The molecule has 1 aromatic carbocycles. The molecule has 0 radical (unpaired) electrons. The first-order valence-electron chi connectivity index (χ1n) is 6.47. The van der Waals surface area contributed by atoms with Crippen LogP contribution >= 0.6 is 0 Å². The number of carbonyl (C=O) groups excluding carboxylic acids is 2. The fourth-order valence-electron chi connectivity index (χ4n) is 2.35. The van der Waals surface area contributed by atoms with Crippen molar-refractivity contribution >= 4 is 17.8 Å². The fourth-order valence-corrected chi connectivity index (χ4v) is 2.35. The van der Waals surface area contributed by atoms with Gasteiger partial charge in [0.15, 0.2) is 6.04 Å². The van der Waals surface area contributed by atoms with Crippen LogP contribution in [0.1, 0.15) is 33.6 Å². The van der Waals surface area contributed by atoms with Gasteiger partial charge >= 0.3 is 5.97 Å². The summed E-state index contributed by atoms with van der Waals surface area (Å²) in [5, 5.41) is 19.3. The SMILES string of the molecule is C=CCC[C@H](O)[C@@H](C(=O)O)N1C(=O)c2ccccc2C1=O. The number of nitrogens with zero attached hydrogens (tertiary/aromatic N) is 1. The lowest BCUT2D eigenvalue weighted by molar-refractivity contribution is -0.145. The number of amides is 2. The van der Waals surface area contributed by atoms with Gasteiger partial charge in [0.05, 0.1) is 17.2 Å². The predicted molar refractivity (Wildman–Crippen MR) is 73.8 cm³/mol. The average molecular weight is 289 g/mol. The molecule has 2 atom stereocenters. The molecule has 0 aliphatic carbocycles. The van der Waals surface area contributed by atoms with E-state index < -0.39 is 29.9 Å². The summed E-state index contributed by atoms with van der Waals surface area (Å²) in [4.78, 5) is 36.5. The van der Waals surface area contributed by atoms with Crippen molar-refractivity contribution in [3.63, 3.8) is 0 Å². The number of allylic oxidation sites excluding steroid dienone is 1. The van der Waals surface area contributed by atoms with Crippen molar-refractivity contribution in [1.29, 1.82) is 0 Å². The van der Waals surface area contributed by atoms with Gasteiger partial charge in [-0.25, -0.2) is 4.79 Å². The number of aliphatic hydroxyl groups excluding tert-OH is 1. The molecule has 0 bridgehead atoms. The third-order valence-electron chi connectivity index (χ3n) is 3.39. The minimum atomic E-state index is -1.60. The van der Waals surface area contributed by atoms with Crippen molar-refractivity contribution in [1.82, 2.24) is 4.90 Å². The molecule has 110 valence electrons. The molecule has 2 rings (SSSR count). The largest absolute Gasteiger partial charge is 0.480 e. The van der Waals surface area contributed by atoms with Crippen molar-refractivity contribution in [3.8, 4) is 0 Å². The zero-order valence-corrected chi connectivity index (χ0v) is 11.2. The third-order valence-corrected chi connectivity index (χ3v) is 3.39. The number of rotatable bonds is 6. The van der Waals surface area contributed by atoms with Gasteiger partial charge in [0, 0.05) is 0 Å². The molecule has 0 unspecified atom stereocenters. The normalized spacial score (nSPS) is 16.5. The van der Waals surface area contributed by atoms with E-state index in [-0.39, 0.29) is 17.5 Å². The highest BCUT2D eigenvalue weighted by Gasteiger charge is 2.45. The van der Waals surface area contributed by atoms with E-state index in [1.165, 1.54) is 18.2 Å². The lowest BCUT2D eigenvalue weighted by Crippen LogP contribution is -2.51. The molecule has 6 nitrogen and oxygen atoms in total. The number of hydrogen-bond donors (Lipinski definition) is 2. The quantitative estimate of drug-likeness (QED) is 0.603. The summed E-state index contributed by atoms with van der Waals surface area (Å²) >= 11 is 0. The van der Waals surface area contributed by atoms with Gasteiger partial charge in [-0.15, -0.1) is 6.58 Å². The first kappa shape index (κ1) is 14.9. The van der Waals surface area contributed by atoms with E-state index in [1.807, 2.05) is 0 Å². The lowest BCUT2D eigenvalue weighted by Gasteiger charge is -2.26. The smallest absolute Gasteiger partial charge is 0.329 e. The molecule has 21 heavy (non-hydrogen) atoms. The fraction of sp³-hybridized carbons (Fsp3) is 0.267. The molecular formula is C15H15NO5. The summed E-state index contributed by atoms with van der Waals surface area (Å²) in [6.07, 6.45) is 0.676. The number of carboxylic acid groups (broad SMARTS) is 1. The minimum Gasteiger partial charge on any atom is -0.480 e. The van der Waals surface area contributed by atoms with Crippen molar-refractivity contribution in [2.24, 2.45) is 0 Å². The minimum absolute atomic E-state index is 0.105. The Hall–Kier alpha value is -2.47. The van der Waals surface area contributed by atoms with Crippen molar-refractivity contribution in [2.75, 3.05) is 0 Å². The van der Waals surface area contributed by atoms with Gasteiger partial charge in [-0.3, -0.25) is 14.5 Å². The van der Waals surface area contributed by atoms with E-state index >= 15 is 0 Å². The Labute approximate surface area is 121 Å². The zero-order valence-electron chi connectivity index (χ0n) is 11.2. The molecule has 0 saturated heterocycles. The second-order valence-electron chi connectivity index (χ2n) is 4.74. The standard InChI is InChI=1S/C15H15NO5/c1-2-3-8-11(17)12(15(20)21)16-13(18)9-6-4-5-7-10(9)14(16)19/h2,4-7,11-12,17H,1,3,8H2,(H,20,21)/t11-,12-/m0/s1. The topological polar surface area (TPSA) is 94.9 Å². The van der Waals surface area contributed by atoms with Crippen molar-refractivity contribution < 1.29 is 24.6 Å². The molecule has 2 amide bonds. The van der Waals surface area contributed by atoms with Crippen LogP contribution in [0.4, 0.5) is 0 Å². The van der Waals surface area contributed by atoms with Crippen LogP contribution in [0.2, 0.25) is 0 Å². The number of aliphatic hydroxyl groups is 1. The summed E-state index contributed by atoms with van der Waals surface area (Å²) in [5.74, 6) is -2.80. The molecule has 1 aliphatic rings. The van der Waals surface area contributed by atoms with Crippen molar-refractivity contribution in [3.05, 3.63) is 48.0 Å². The maximum Gasteiger partial charge on any atom is 0.329 e. The number of hydrogen-bond acceptors (Lipinski definition) is 4. The second kappa shape index (κ2) is 5.88. The van der Waals surface area contributed by atoms with E-state index in [1.54, 1.807) is 12.1 Å². The van der Waals surface area contributed by atoms with Crippen LogP contribution < -0.4 is 0 Å². The monoisotopic (exact) mass is 289 g/mol. The summed E-state index contributed by atoms with van der Waals surface area (Å²) in [5.41, 5.74) is 0.314. The molecule has 0 fully saturated rings. The second-order valence-corrected chi connectivity index (χ2v) is 4.74. The lowest BCUT2D eigenvalue weighted by atomic mass is 10.0. The van der Waals surface area contributed by atoms with Crippen LogP contribution in [-0.2, 0) is 4.79 Å². The van der Waals surface area contributed by atoms with E-state index in [0.29, 0.717) is 11.3 Å². The highest BCUT2D eigenvalue weighted by molar-refractivity contribution is 6.22. The summed E-state index contributed by atoms with van der Waals surface area (Å²) in [6.45, 7) is 3.49. The number of imide groups is 1. The molecule has 1 aliphatic heterocycles. The molecular weight excluding hydrogens is 274 g/mol. The Morgan fingerprint density at radius 2 is 1.76 bits per heavy atom. The number of fused-ring (bicyclic) bond motifs is 1. The molecule has 1 heterocycles. The molecule has 0 spiro atoms. The predicted octanol–water partition coefficient (Wildman–Crippen LogP) is 1.06. The molecule has 2 N–H and O–H groups in total. The van der Waals surface area contributed by atoms with E-state index in [0.717, 1.165) is 0 Å². The summed E-state index contributed by atoms with van der Waals surface area (Å²) in [6, 6.07) is 4.52. The Morgan fingerprint density at radius 1 is 1.24 bits per heavy atom. The van der Waals surface area contributed by atoms with Crippen LogP contribution in [0.25, 0.3) is 0 Å².